The number of nitrogens with one attached hydrogen (secondary N) is 1. The van der Waals surface area contributed by atoms with E-state index in [0.717, 1.165) is 12.1 Å². The minimum Gasteiger partial charge on any atom is -0.353 e. The van der Waals surface area contributed by atoms with Crippen LogP contribution in [0.2, 0.25) is 0 Å². The molecule has 20 heavy (non-hydrogen) atoms. The monoisotopic (exact) mass is 282 g/mol. The molecule has 1 saturated heterocycles. The van der Waals surface area contributed by atoms with E-state index in [2.05, 4.69) is 5.32 Å². The molecule has 0 spiro atoms. The summed E-state index contributed by atoms with van der Waals surface area (Å²) < 4.78 is 26.5. The van der Waals surface area contributed by atoms with Crippen LogP contribution in [0.3, 0.4) is 0 Å². The first kappa shape index (κ1) is 14.6. The fourth-order valence-electron chi connectivity index (χ4n) is 2.39. The SMILES string of the molecule is CC1C(=O)NCCN1C(C)C(=O)c1ccc(F)cc1F. The third-order valence-corrected chi connectivity index (χ3v) is 3.62. The van der Waals surface area contributed by atoms with Gasteiger partial charge in [-0.15, -0.1) is 0 Å². The van der Waals surface area contributed by atoms with E-state index in [1.54, 1.807) is 18.7 Å². The minimum absolute atomic E-state index is 0.155. The Morgan fingerprint density at radius 1 is 1.45 bits per heavy atom. The zero-order valence-electron chi connectivity index (χ0n) is 11.3. The van der Waals surface area contributed by atoms with Crippen molar-refractivity contribution in [2.75, 3.05) is 13.1 Å². The van der Waals surface area contributed by atoms with Crippen LogP contribution < -0.4 is 5.32 Å². The number of carbonyl (C=O) groups excluding carboxylic acids is 2. The van der Waals surface area contributed by atoms with Crippen molar-refractivity contribution < 1.29 is 18.4 Å². The number of rotatable bonds is 3. The van der Waals surface area contributed by atoms with Gasteiger partial charge in [-0.05, 0) is 26.0 Å². The Bertz CT molecular complexity index is 548. The van der Waals surface area contributed by atoms with Gasteiger partial charge in [-0.25, -0.2) is 8.78 Å². The summed E-state index contributed by atoms with van der Waals surface area (Å²) in [6.07, 6.45) is 0. The second-order valence-corrected chi connectivity index (χ2v) is 4.87. The molecule has 1 aliphatic heterocycles. The van der Waals surface area contributed by atoms with E-state index in [0.29, 0.717) is 19.2 Å². The summed E-state index contributed by atoms with van der Waals surface area (Å²) in [5, 5.41) is 2.70. The van der Waals surface area contributed by atoms with Gasteiger partial charge in [0, 0.05) is 19.2 Å². The number of piperazine rings is 1. The molecule has 0 saturated carbocycles. The number of hydrogen-bond donors (Lipinski definition) is 1. The largest absolute Gasteiger partial charge is 0.353 e. The number of ketones is 1. The first-order chi connectivity index (χ1) is 9.41. The van der Waals surface area contributed by atoms with Crippen LogP contribution in [0.4, 0.5) is 8.78 Å². The molecular formula is C14H16F2N2O2. The fraction of sp³-hybridized carbons (Fsp3) is 0.429. The lowest BCUT2D eigenvalue weighted by Gasteiger charge is -2.36. The summed E-state index contributed by atoms with van der Waals surface area (Å²) in [6, 6.07) is 1.78. The van der Waals surface area contributed by atoms with Crippen LogP contribution in [-0.4, -0.2) is 41.8 Å². The number of Topliss-reactive ketones (excluding diaryl/α,β-unsaturated/α-hetero) is 1. The van der Waals surface area contributed by atoms with E-state index >= 15 is 0 Å². The number of carbonyl (C=O) groups is 2. The average Bonchev–Trinajstić information content (AvgIpc) is 2.40. The Hall–Kier alpha value is -1.82. The summed E-state index contributed by atoms with van der Waals surface area (Å²) >= 11 is 0. The molecule has 1 aromatic carbocycles. The molecule has 1 fully saturated rings. The summed E-state index contributed by atoms with van der Waals surface area (Å²) in [4.78, 5) is 25.6. The Kier molecular flexibility index (Phi) is 4.13. The van der Waals surface area contributed by atoms with Gasteiger partial charge in [0.05, 0.1) is 17.6 Å². The van der Waals surface area contributed by atoms with Crippen molar-refractivity contribution >= 4 is 11.7 Å². The Morgan fingerprint density at radius 2 is 2.15 bits per heavy atom. The molecular weight excluding hydrogens is 266 g/mol. The Balaban J connectivity index is 2.21. The van der Waals surface area contributed by atoms with Gasteiger partial charge in [-0.3, -0.25) is 14.5 Å². The fourth-order valence-corrected chi connectivity index (χ4v) is 2.39. The van der Waals surface area contributed by atoms with Gasteiger partial charge in [-0.2, -0.15) is 0 Å². The second-order valence-electron chi connectivity index (χ2n) is 4.87. The highest BCUT2D eigenvalue weighted by molar-refractivity contribution is 6.00. The van der Waals surface area contributed by atoms with E-state index < -0.39 is 29.5 Å². The first-order valence-corrected chi connectivity index (χ1v) is 6.44. The number of hydrogen-bond acceptors (Lipinski definition) is 3. The molecule has 4 nitrogen and oxygen atoms in total. The van der Waals surface area contributed by atoms with E-state index in [9.17, 15) is 18.4 Å². The molecule has 1 heterocycles. The highest BCUT2D eigenvalue weighted by Crippen LogP contribution is 2.17. The van der Waals surface area contributed by atoms with Crippen LogP contribution in [0, 0.1) is 11.6 Å². The second kappa shape index (κ2) is 5.66. The summed E-state index contributed by atoms with van der Waals surface area (Å²) in [5.41, 5.74) is -0.155. The molecule has 1 amide bonds. The third-order valence-electron chi connectivity index (χ3n) is 3.62. The number of halogens is 2. The summed E-state index contributed by atoms with van der Waals surface area (Å²) in [5.74, 6) is -2.21. The van der Waals surface area contributed by atoms with Crippen LogP contribution >= 0.6 is 0 Å². The van der Waals surface area contributed by atoms with Gasteiger partial charge in [0.15, 0.2) is 5.78 Å². The normalized spacial score (nSPS) is 21.4. The maximum absolute atomic E-state index is 13.6. The molecule has 2 atom stereocenters. The topological polar surface area (TPSA) is 49.4 Å². The predicted molar refractivity (Wildman–Crippen MR) is 69.3 cm³/mol. The van der Waals surface area contributed by atoms with E-state index in [1.165, 1.54) is 0 Å². The van der Waals surface area contributed by atoms with Gasteiger partial charge < -0.3 is 5.32 Å². The van der Waals surface area contributed by atoms with Crippen molar-refractivity contribution in [2.24, 2.45) is 0 Å². The highest BCUT2D eigenvalue weighted by atomic mass is 19.1. The van der Waals surface area contributed by atoms with Crippen LogP contribution in [0.1, 0.15) is 24.2 Å². The van der Waals surface area contributed by atoms with Crippen molar-refractivity contribution in [1.29, 1.82) is 0 Å². The molecule has 108 valence electrons. The standard InChI is InChI=1S/C14H16F2N2O2/c1-8(18-6-5-17-14(20)9(18)2)13(19)11-4-3-10(15)7-12(11)16/h3-4,7-9H,5-6H2,1-2H3,(H,17,20). The van der Waals surface area contributed by atoms with Crippen molar-refractivity contribution in [2.45, 2.75) is 25.9 Å². The zero-order valence-corrected chi connectivity index (χ0v) is 11.3. The van der Waals surface area contributed by atoms with Crippen molar-refractivity contribution in [3.8, 4) is 0 Å². The number of amides is 1. The van der Waals surface area contributed by atoms with E-state index in [1.807, 2.05) is 0 Å². The lowest BCUT2D eigenvalue weighted by molar-refractivity contribution is -0.128. The molecule has 2 rings (SSSR count). The van der Waals surface area contributed by atoms with Crippen LogP contribution in [-0.2, 0) is 4.79 Å². The molecule has 0 aliphatic carbocycles. The van der Waals surface area contributed by atoms with Gasteiger partial charge in [0.25, 0.3) is 0 Å². The average molecular weight is 282 g/mol. The van der Waals surface area contributed by atoms with Gasteiger partial charge in [-0.1, -0.05) is 0 Å². The molecule has 0 bridgehead atoms. The maximum atomic E-state index is 13.6. The molecule has 2 unspecified atom stereocenters. The summed E-state index contributed by atoms with van der Waals surface area (Å²) in [7, 11) is 0. The molecule has 0 aromatic heterocycles. The van der Waals surface area contributed by atoms with Crippen molar-refractivity contribution in [3.05, 3.63) is 35.4 Å². The third kappa shape index (κ3) is 2.70. The Morgan fingerprint density at radius 3 is 2.80 bits per heavy atom. The molecule has 1 aliphatic rings. The van der Waals surface area contributed by atoms with E-state index in [-0.39, 0.29) is 11.5 Å². The molecule has 1 aromatic rings. The van der Waals surface area contributed by atoms with Crippen LogP contribution in [0.25, 0.3) is 0 Å². The Labute approximate surface area is 115 Å². The highest BCUT2D eigenvalue weighted by Gasteiger charge is 2.33. The smallest absolute Gasteiger partial charge is 0.237 e. The van der Waals surface area contributed by atoms with Gasteiger partial charge >= 0.3 is 0 Å². The predicted octanol–water partition coefficient (Wildman–Crippen LogP) is 1.36. The van der Waals surface area contributed by atoms with Crippen molar-refractivity contribution in [3.63, 3.8) is 0 Å². The van der Waals surface area contributed by atoms with Gasteiger partial charge in [0.2, 0.25) is 5.91 Å². The zero-order chi connectivity index (χ0) is 14.9. The molecule has 6 heteroatoms. The van der Waals surface area contributed by atoms with E-state index in [4.69, 9.17) is 0 Å². The van der Waals surface area contributed by atoms with Crippen molar-refractivity contribution in [1.82, 2.24) is 10.2 Å². The van der Waals surface area contributed by atoms with Crippen LogP contribution in [0.15, 0.2) is 18.2 Å². The quantitative estimate of drug-likeness (QED) is 0.852. The summed E-state index contributed by atoms with van der Waals surface area (Å²) in [6.45, 7) is 4.29. The molecule has 0 radical (unpaired) electrons. The molecule has 1 N–H and O–H groups in total. The number of nitrogens with zero attached hydrogens (tertiary/aromatic N) is 1. The van der Waals surface area contributed by atoms with Gasteiger partial charge in [0.1, 0.15) is 11.6 Å². The maximum Gasteiger partial charge on any atom is 0.237 e. The number of benzene rings is 1. The lowest BCUT2D eigenvalue weighted by Crippen LogP contribution is -2.58. The first-order valence-electron chi connectivity index (χ1n) is 6.44. The minimum atomic E-state index is -0.879. The van der Waals surface area contributed by atoms with Crippen LogP contribution in [0.5, 0.6) is 0 Å². The lowest BCUT2D eigenvalue weighted by atomic mass is 10.0.